The maximum absolute atomic E-state index is 13.5. The fraction of sp³-hybridized carbons (Fsp3) is 0.440. The molecule has 1 fully saturated rings. The van der Waals surface area contributed by atoms with Gasteiger partial charge in [-0.2, -0.15) is 0 Å². The van der Waals surface area contributed by atoms with Gasteiger partial charge in [-0.15, -0.1) is 0 Å². The normalized spacial score (nSPS) is 19.5. The van der Waals surface area contributed by atoms with E-state index in [1.54, 1.807) is 7.11 Å². The third-order valence-electron chi connectivity index (χ3n) is 6.48. The van der Waals surface area contributed by atoms with E-state index in [-0.39, 0.29) is 17.7 Å². The van der Waals surface area contributed by atoms with E-state index in [9.17, 15) is 9.59 Å². The Morgan fingerprint density at radius 2 is 1.87 bits per heavy atom. The number of nitrogens with one attached hydrogen (secondary N) is 2. The minimum Gasteiger partial charge on any atom is -0.497 e. The van der Waals surface area contributed by atoms with E-state index in [0.717, 1.165) is 33.7 Å². The Balaban J connectivity index is 1.49. The zero-order valence-corrected chi connectivity index (χ0v) is 18.4. The predicted octanol–water partition coefficient (Wildman–Crippen LogP) is 3.60. The number of carbonyl (C=O) groups is 2. The van der Waals surface area contributed by atoms with Crippen molar-refractivity contribution in [3.05, 3.63) is 58.7 Å². The summed E-state index contributed by atoms with van der Waals surface area (Å²) >= 11 is 0. The number of carbonyl (C=O) groups excluding carboxylic acids is 2. The van der Waals surface area contributed by atoms with Crippen molar-refractivity contribution in [1.29, 1.82) is 0 Å². The number of hydrogen-bond donors (Lipinski definition) is 2. The van der Waals surface area contributed by atoms with Crippen LogP contribution in [-0.2, 0) is 19.7 Å². The molecule has 0 bridgehead atoms. The average Bonchev–Trinajstić information content (AvgIpc) is 3.07. The van der Waals surface area contributed by atoms with E-state index >= 15 is 0 Å². The number of amides is 2. The van der Waals surface area contributed by atoms with Gasteiger partial charge < -0.3 is 20.1 Å². The topological polar surface area (TPSA) is 76.7 Å². The number of hydrogen-bond acceptors (Lipinski definition) is 4. The summed E-state index contributed by atoms with van der Waals surface area (Å²) in [7, 11) is 1.61. The molecule has 2 N–H and O–H groups in total. The van der Waals surface area contributed by atoms with Crippen molar-refractivity contribution in [3.63, 3.8) is 0 Å². The molecule has 6 nitrogen and oxygen atoms in total. The molecule has 6 heteroatoms. The molecule has 1 atom stereocenters. The summed E-state index contributed by atoms with van der Waals surface area (Å²) in [6.45, 7) is 5.69. The van der Waals surface area contributed by atoms with E-state index in [2.05, 4.69) is 42.7 Å². The second kappa shape index (κ2) is 8.71. The summed E-state index contributed by atoms with van der Waals surface area (Å²) in [4.78, 5) is 25.9. The minimum atomic E-state index is -0.589. The number of rotatable bonds is 6. The van der Waals surface area contributed by atoms with Crippen LogP contribution in [0.2, 0.25) is 0 Å². The molecule has 0 unspecified atom stereocenters. The van der Waals surface area contributed by atoms with Crippen LogP contribution in [0.15, 0.2) is 36.4 Å². The van der Waals surface area contributed by atoms with Crippen LogP contribution in [0.3, 0.4) is 0 Å². The van der Waals surface area contributed by atoms with Gasteiger partial charge in [-0.25, -0.2) is 0 Å². The van der Waals surface area contributed by atoms with Gasteiger partial charge >= 0.3 is 0 Å². The fourth-order valence-corrected chi connectivity index (χ4v) is 4.83. The van der Waals surface area contributed by atoms with Crippen LogP contribution in [0.4, 0.5) is 5.69 Å². The van der Waals surface area contributed by atoms with Gasteiger partial charge in [-0.1, -0.05) is 29.3 Å². The molecule has 4 rings (SSSR count). The van der Waals surface area contributed by atoms with Crippen LogP contribution in [0.1, 0.15) is 47.4 Å². The molecule has 2 aromatic rings. The van der Waals surface area contributed by atoms with Crippen molar-refractivity contribution in [2.45, 2.75) is 44.4 Å². The van der Waals surface area contributed by atoms with Crippen LogP contribution in [0.25, 0.3) is 0 Å². The predicted molar refractivity (Wildman–Crippen MR) is 120 cm³/mol. The van der Waals surface area contributed by atoms with Crippen LogP contribution >= 0.6 is 0 Å². The van der Waals surface area contributed by atoms with Crippen LogP contribution < -0.4 is 15.4 Å². The van der Waals surface area contributed by atoms with Crippen LogP contribution in [-0.4, -0.2) is 38.7 Å². The quantitative estimate of drug-likeness (QED) is 0.746. The van der Waals surface area contributed by atoms with E-state index in [1.807, 2.05) is 18.2 Å². The first kappa shape index (κ1) is 21.4. The number of ether oxygens (including phenoxy) is 2. The first-order valence-corrected chi connectivity index (χ1v) is 10.9. The SMILES string of the molecule is COc1ccc2c(c1)[C@@H](CCNC(=O)C1(c3cc(C)cc(C)c3)CCOCC1)C(=O)N2. The molecule has 2 aromatic carbocycles. The minimum absolute atomic E-state index is 0.0186. The molecule has 0 saturated carbocycles. The lowest BCUT2D eigenvalue weighted by Gasteiger charge is -2.36. The lowest BCUT2D eigenvalue weighted by Crippen LogP contribution is -2.48. The summed E-state index contributed by atoms with van der Waals surface area (Å²) in [6, 6.07) is 12.0. The van der Waals surface area contributed by atoms with E-state index in [1.165, 1.54) is 0 Å². The lowest BCUT2D eigenvalue weighted by atomic mass is 9.72. The Morgan fingerprint density at radius 1 is 1.16 bits per heavy atom. The molecule has 31 heavy (non-hydrogen) atoms. The van der Waals surface area contributed by atoms with Gasteiger partial charge in [0.15, 0.2) is 0 Å². The summed E-state index contributed by atoms with van der Waals surface area (Å²) in [5, 5.41) is 6.05. The molecule has 0 aromatic heterocycles. The van der Waals surface area contributed by atoms with Crippen molar-refractivity contribution in [1.82, 2.24) is 5.32 Å². The van der Waals surface area contributed by atoms with Crippen molar-refractivity contribution in [2.24, 2.45) is 0 Å². The fourth-order valence-electron chi connectivity index (χ4n) is 4.83. The molecule has 2 amide bonds. The summed E-state index contributed by atoms with van der Waals surface area (Å²) in [5.41, 5.74) is 4.52. The Hall–Kier alpha value is -2.86. The Kier molecular flexibility index (Phi) is 6.01. The third-order valence-corrected chi connectivity index (χ3v) is 6.48. The Morgan fingerprint density at radius 3 is 2.55 bits per heavy atom. The molecular weight excluding hydrogens is 392 g/mol. The highest BCUT2D eigenvalue weighted by atomic mass is 16.5. The van der Waals surface area contributed by atoms with E-state index in [4.69, 9.17) is 9.47 Å². The molecule has 0 aliphatic carbocycles. The third kappa shape index (κ3) is 4.17. The summed E-state index contributed by atoms with van der Waals surface area (Å²) in [6.07, 6.45) is 1.86. The smallest absolute Gasteiger partial charge is 0.232 e. The Bertz CT molecular complexity index is 975. The van der Waals surface area contributed by atoms with Crippen molar-refractivity contribution >= 4 is 17.5 Å². The maximum Gasteiger partial charge on any atom is 0.232 e. The molecule has 2 aliphatic heterocycles. The zero-order chi connectivity index (χ0) is 22.0. The van der Waals surface area contributed by atoms with Gasteiger partial charge in [0.1, 0.15) is 5.75 Å². The van der Waals surface area contributed by atoms with E-state index < -0.39 is 5.41 Å². The maximum atomic E-state index is 13.5. The molecule has 0 radical (unpaired) electrons. The van der Waals surface area contributed by atoms with E-state index in [0.29, 0.717) is 39.0 Å². The molecule has 2 aliphatic rings. The molecular formula is C25H30N2O4. The summed E-state index contributed by atoms with van der Waals surface area (Å²) in [5.74, 6) is 0.412. The van der Waals surface area contributed by atoms with Crippen molar-refractivity contribution in [2.75, 3.05) is 32.2 Å². The van der Waals surface area contributed by atoms with Gasteiger partial charge in [0.2, 0.25) is 11.8 Å². The number of anilines is 1. The van der Waals surface area contributed by atoms with Crippen LogP contribution in [0, 0.1) is 13.8 Å². The van der Waals surface area contributed by atoms with Crippen LogP contribution in [0.5, 0.6) is 5.75 Å². The van der Waals surface area contributed by atoms with Gasteiger partial charge in [-0.3, -0.25) is 9.59 Å². The van der Waals surface area contributed by atoms with Gasteiger partial charge in [0.25, 0.3) is 0 Å². The first-order valence-electron chi connectivity index (χ1n) is 10.9. The number of benzene rings is 2. The van der Waals surface area contributed by atoms with Crippen molar-refractivity contribution < 1.29 is 19.1 Å². The second-order valence-corrected chi connectivity index (χ2v) is 8.61. The standard InChI is InChI=1S/C25H30N2O4/c1-16-12-17(2)14-18(13-16)25(7-10-31-11-8-25)24(29)26-9-6-20-21-15-19(30-3)4-5-22(21)27-23(20)28/h4-5,12-15,20H,6-11H2,1-3H3,(H,26,29)(H,27,28)/t20-/m1/s1. The molecule has 1 saturated heterocycles. The number of methoxy groups -OCH3 is 1. The van der Waals surface area contributed by atoms with Crippen molar-refractivity contribution in [3.8, 4) is 5.75 Å². The Labute approximate surface area is 183 Å². The number of fused-ring (bicyclic) bond motifs is 1. The highest BCUT2D eigenvalue weighted by Crippen LogP contribution is 2.38. The van der Waals surface area contributed by atoms with Gasteiger partial charge in [-0.05, 0) is 62.4 Å². The highest BCUT2D eigenvalue weighted by molar-refractivity contribution is 6.03. The van der Waals surface area contributed by atoms with Gasteiger partial charge in [0, 0.05) is 25.4 Å². The summed E-state index contributed by atoms with van der Waals surface area (Å²) < 4.78 is 10.9. The largest absolute Gasteiger partial charge is 0.497 e. The average molecular weight is 423 g/mol. The molecule has 0 spiro atoms. The van der Waals surface area contributed by atoms with Gasteiger partial charge in [0.05, 0.1) is 18.4 Å². The molecule has 2 heterocycles. The lowest BCUT2D eigenvalue weighted by molar-refractivity contribution is -0.130. The first-order chi connectivity index (χ1) is 14.9. The molecule has 164 valence electrons. The second-order valence-electron chi connectivity index (χ2n) is 8.61. The number of aryl methyl sites for hydroxylation is 2. The zero-order valence-electron chi connectivity index (χ0n) is 18.4. The monoisotopic (exact) mass is 422 g/mol. The highest BCUT2D eigenvalue weighted by Gasteiger charge is 2.42.